The Bertz CT molecular complexity index is 251. The second-order valence-corrected chi connectivity index (χ2v) is 5.51. The van der Waals surface area contributed by atoms with E-state index in [0.29, 0.717) is 0 Å². The van der Waals surface area contributed by atoms with Gasteiger partial charge in [0.2, 0.25) is 0 Å². The van der Waals surface area contributed by atoms with Gasteiger partial charge in [-0.15, -0.1) is 0 Å². The summed E-state index contributed by atoms with van der Waals surface area (Å²) in [5, 5.41) is 11.6. The maximum absolute atomic E-state index is 11.5. The van der Waals surface area contributed by atoms with Crippen LogP contribution in [0.4, 0.5) is 4.79 Å². The number of aliphatic hydroxyl groups excluding tert-OH is 1. The molecule has 1 atom stereocenters. The highest BCUT2D eigenvalue weighted by Gasteiger charge is 2.25. The van der Waals surface area contributed by atoms with Gasteiger partial charge in [-0.3, -0.25) is 0 Å². The van der Waals surface area contributed by atoms with Crippen LogP contribution in [-0.2, 0) is 4.74 Å². The van der Waals surface area contributed by atoms with E-state index in [1.54, 1.807) is 0 Å². The van der Waals surface area contributed by atoms with Crippen molar-refractivity contribution >= 4 is 6.09 Å². The molecule has 17 heavy (non-hydrogen) atoms. The third kappa shape index (κ3) is 5.89. The van der Waals surface area contributed by atoms with Gasteiger partial charge in [0, 0.05) is 32.3 Å². The summed E-state index contributed by atoms with van der Waals surface area (Å²) in [5.41, 5.74) is -0.445. The molecule has 1 unspecified atom stereocenters. The van der Waals surface area contributed by atoms with Gasteiger partial charge in [0.15, 0.2) is 0 Å². The van der Waals surface area contributed by atoms with Crippen LogP contribution in [0.1, 0.15) is 33.6 Å². The number of aliphatic hydroxyl groups is 1. The van der Waals surface area contributed by atoms with Crippen LogP contribution in [-0.4, -0.2) is 54.0 Å². The van der Waals surface area contributed by atoms with E-state index in [4.69, 9.17) is 9.84 Å². The van der Waals surface area contributed by atoms with Crippen molar-refractivity contribution in [3.63, 3.8) is 0 Å². The number of hydrogen-bond acceptors (Lipinski definition) is 4. The molecule has 1 aliphatic rings. The van der Waals surface area contributed by atoms with E-state index >= 15 is 0 Å². The zero-order valence-electron chi connectivity index (χ0n) is 11.0. The number of carbonyl (C=O) groups excluding carboxylic acids is 1. The number of carbonyl (C=O) groups is 1. The molecule has 100 valence electrons. The minimum Gasteiger partial charge on any atom is -0.444 e. The first kappa shape index (κ1) is 14.3. The van der Waals surface area contributed by atoms with E-state index in [1.165, 1.54) is 0 Å². The van der Waals surface area contributed by atoms with Crippen LogP contribution in [0.2, 0.25) is 0 Å². The lowest BCUT2D eigenvalue weighted by molar-refractivity contribution is 0.0505. The van der Waals surface area contributed by atoms with Crippen molar-refractivity contribution in [2.24, 2.45) is 0 Å². The normalized spacial score (nSPS) is 21.5. The molecule has 0 aromatic rings. The predicted molar refractivity (Wildman–Crippen MR) is 65.9 cm³/mol. The first-order valence-electron chi connectivity index (χ1n) is 6.23. The molecule has 2 N–H and O–H groups in total. The van der Waals surface area contributed by atoms with E-state index < -0.39 is 5.60 Å². The van der Waals surface area contributed by atoms with E-state index in [0.717, 1.165) is 32.5 Å². The summed E-state index contributed by atoms with van der Waals surface area (Å²) in [4.78, 5) is 13.8. The van der Waals surface area contributed by atoms with Crippen molar-refractivity contribution in [1.29, 1.82) is 0 Å². The molecule has 1 saturated heterocycles. The Morgan fingerprint density at radius 3 is 2.82 bits per heavy atom. The van der Waals surface area contributed by atoms with Crippen LogP contribution in [0.15, 0.2) is 0 Å². The van der Waals surface area contributed by atoms with Gasteiger partial charge in [0.25, 0.3) is 0 Å². The van der Waals surface area contributed by atoms with E-state index in [1.807, 2.05) is 20.8 Å². The first-order chi connectivity index (χ1) is 7.90. The highest BCUT2D eigenvalue weighted by Crippen LogP contribution is 2.11. The van der Waals surface area contributed by atoms with Crippen LogP contribution in [0, 0.1) is 0 Å². The van der Waals surface area contributed by atoms with Crippen LogP contribution in [0.3, 0.4) is 0 Å². The second-order valence-electron chi connectivity index (χ2n) is 5.51. The molecule has 0 bridgehead atoms. The minimum atomic E-state index is -0.445. The number of alkyl carbamates (subject to hydrolysis) is 1. The van der Waals surface area contributed by atoms with Crippen molar-refractivity contribution in [2.75, 3.05) is 26.2 Å². The Kier molecular flexibility index (Phi) is 5.21. The minimum absolute atomic E-state index is 0.170. The number of rotatable bonds is 4. The van der Waals surface area contributed by atoms with Crippen molar-refractivity contribution in [1.82, 2.24) is 10.2 Å². The van der Waals surface area contributed by atoms with Crippen molar-refractivity contribution in [3.8, 4) is 0 Å². The zero-order valence-corrected chi connectivity index (χ0v) is 11.0. The molecular weight excluding hydrogens is 220 g/mol. The molecule has 1 rings (SSSR count). The molecule has 0 radical (unpaired) electrons. The SMILES string of the molecule is CC(C)(C)OC(=O)NC1CCN(CCCO)C1. The highest BCUT2D eigenvalue weighted by atomic mass is 16.6. The Balaban J connectivity index is 2.23. The smallest absolute Gasteiger partial charge is 0.407 e. The fraction of sp³-hybridized carbons (Fsp3) is 0.917. The van der Waals surface area contributed by atoms with Crippen molar-refractivity contribution < 1.29 is 14.6 Å². The van der Waals surface area contributed by atoms with Gasteiger partial charge in [-0.05, 0) is 33.6 Å². The van der Waals surface area contributed by atoms with Gasteiger partial charge in [0.05, 0.1) is 0 Å². The maximum Gasteiger partial charge on any atom is 0.407 e. The Morgan fingerprint density at radius 2 is 2.24 bits per heavy atom. The molecule has 1 aliphatic heterocycles. The molecule has 5 heteroatoms. The van der Waals surface area contributed by atoms with Crippen LogP contribution in [0.25, 0.3) is 0 Å². The fourth-order valence-electron chi connectivity index (χ4n) is 1.92. The average Bonchev–Trinajstić information content (AvgIpc) is 2.59. The topological polar surface area (TPSA) is 61.8 Å². The number of amides is 1. The second kappa shape index (κ2) is 6.21. The molecule has 1 fully saturated rings. The molecule has 5 nitrogen and oxygen atoms in total. The highest BCUT2D eigenvalue weighted by molar-refractivity contribution is 5.68. The van der Waals surface area contributed by atoms with Crippen molar-refractivity contribution in [2.45, 2.75) is 45.3 Å². The number of likely N-dealkylation sites (tertiary alicyclic amines) is 1. The summed E-state index contributed by atoms with van der Waals surface area (Å²) in [6.07, 6.45) is 1.40. The molecule has 0 saturated carbocycles. The third-order valence-corrected chi connectivity index (χ3v) is 2.63. The molecule has 0 aromatic carbocycles. The van der Waals surface area contributed by atoms with Gasteiger partial charge < -0.3 is 20.1 Å². The quantitative estimate of drug-likeness (QED) is 0.773. The Hall–Kier alpha value is -0.810. The predicted octanol–water partition coefficient (Wildman–Crippen LogP) is 0.968. The number of nitrogens with one attached hydrogen (secondary N) is 1. The summed E-state index contributed by atoms with van der Waals surface area (Å²) < 4.78 is 5.21. The first-order valence-corrected chi connectivity index (χ1v) is 6.23. The fourth-order valence-corrected chi connectivity index (χ4v) is 1.92. The lowest BCUT2D eigenvalue weighted by atomic mass is 10.2. The lowest BCUT2D eigenvalue weighted by Crippen LogP contribution is -2.40. The lowest BCUT2D eigenvalue weighted by Gasteiger charge is -2.22. The monoisotopic (exact) mass is 244 g/mol. The average molecular weight is 244 g/mol. The van der Waals surface area contributed by atoms with E-state index in [2.05, 4.69) is 10.2 Å². The molecule has 0 aromatic heterocycles. The van der Waals surface area contributed by atoms with Gasteiger partial charge in [-0.2, -0.15) is 0 Å². The Labute approximate surface area is 103 Å². The van der Waals surface area contributed by atoms with E-state index in [9.17, 15) is 4.79 Å². The van der Waals surface area contributed by atoms with Gasteiger partial charge in [0.1, 0.15) is 5.60 Å². The van der Waals surface area contributed by atoms with Crippen molar-refractivity contribution in [3.05, 3.63) is 0 Å². The summed E-state index contributed by atoms with van der Waals surface area (Å²) in [6.45, 7) is 8.50. The third-order valence-electron chi connectivity index (χ3n) is 2.63. The van der Waals surface area contributed by atoms with Gasteiger partial charge in [-0.25, -0.2) is 4.79 Å². The van der Waals surface area contributed by atoms with Crippen LogP contribution >= 0.6 is 0 Å². The molecular formula is C12H24N2O3. The van der Waals surface area contributed by atoms with Crippen LogP contribution < -0.4 is 5.32 Å². The Morgan fingerprint density at radius 1 is 1.53 bits per heavy atom. The van der Waals surface area contributed by atoms with E-state index in [-0.39, 0.29) is 18.7 Å². The maximum atomic E-state index is 11.5. The summed E-state index contributed by atoms with van der Waals surface area (Å²) in [7, 11) is 0. The zero-order chi connectivity index (χ0) is 12.9. The van der Waals surface area contributed by atoms with Gasteiger partial charge in [-0.1, -0.05) is 0 Å². The number of hydrogen-bond donors (Lipinski definition) is 2. The molecule has 0 aliphatic carbocycles. The molecule has 0 spiro atoms. The number of nitrogens with zero attached hydrogens (tertiary/aromatic N) is 1. The molecule has 1 heterocycles. The molecule has 1 amide bonds. The van der Waals surface area contributed by atoms with Crippen LogP contribution in [0.5, 0.6) is 0 Å². The number of ether oxygens (including phenoxy) is 1. The van der Waals surface area contributed by atoms with Gasteiger partial charge >= 0.3 is 6.09 Å². The largest absolute Gasteiger partial charge is 0.444 e. The standard InChI is InChI=1S/C12H24N2O3/c1-12(2,3)17-11(16)13-10-5-7-14(9-10)6-4-8-15/h10,15H,4-9H2,1-3H3,(H,13,16). The summed E-state index contributed by atoms with van der Waals surface area (Å²) >= 11 is 0. The summed E-state index contributed by atoms with van der Waals surface area (Å²) in [6, 6.07) is 0.170. The summed E-state index contributed by atoms with van der Waals surface area (Å²) in [5.74, 6) is 0.